The first-order valence-electron chi connectivity index (χ1n) is 11.3. The van der Waals surface area contributed by atoms with E-state index >= 15 is 0 Å². The van der Waals surface area contributed by atoms with Crippen LogP contribution in [0, 0.1) is 0 Å². The van der Waals surface area contributed by atoms with Crippen LogP contribution in [0.15, 0.2) is 90.3 Å². The number of nitrogens with zero attached hydrogens (tertiary/aromatic N) is 2. The number of rotatable bonds is 9. The maximum absolute atomic E-state index is 13.6. The van der Waals surface area contributed by atoms with Crippen LogP contribution in [-0.4, -0.2) is 29.9 Å². The molecule has 172 valence electrons. The maximum atomic E-state index is 13.6. The van der Waals surface area contributed by atoms with E-state index in [1.165, 1.54) is 23.8 Å². The second kappa shape index (κ2) is 11.4. The third-order valence-electron chi connectivity index (χ3n) is 5.49. The molecule has 0 aliphatic carbocycles. The van der Waals surface area contributed by atoms with Crippen molar-refractivity contribution in [2.24, 2.45) is 0 Å². The average Bonchev–Trinajstić information content (AvgIpc) is 3.35. The third-order valence-corrected chi connectivity index (χ3v) is 6.36. The molecule has 34 heavy (non-hydrogen) atoms. The molecule has 0 radical (unpaired) electrons. The van der Waals surface area contributed by atoms with Crippen molar-refractivity contribution in [1.82, 2.24) is 10.3 Å². The molecule has 3 aromatic carbocycles. The zero-order chi connectivity index (χ0) is 23.8. The lowest BCUT2D eigenvalue weighted by Gasteiger charge is -2.20. The van der Waals surface area contributed by atoms with Gasteiger partial charge in [-0.25, -0.2) is 4.98 Å². The Hall–Kier alpha value is -3.77. The van der Waals surface area contributed by atoms with Crippen molar-refractivity contribution in [3.63, 3.8) is 0 Å². The van der Waals surface area contributed by atoms with Crippen molar-refractivity contribution >= 4 is 28.3 Å². The first-order valence-corrected chi connectivity index (χ1v) is 12.2. The molecule has 1 N–H and O–H groups in total. The number of carbonyl (C=O) groups is 2. The van der Waals surface area contributed by atoms with Crippen molar-refractivity contribution in [2.75, 3.05) is 18.0 Å². The van der Waals surface area contributed by atoms with Crippen LogP contribution in [0.2, 0.25) is 0 Å². The number of carbonyl (C=O) groups excluding carboxylic acids is 2. The molecule has 5 nitrogen and oxygen atoms in total. The molecule has 0 aliphatic heterocycles. The van der Waals surface area contributed by atoms with Gasteiger partial charge in [-0.05, 0) is 36.1 Å². The summed E-state index contributed by atoms with van der Waals surface area (Å²) in [4.78, 5) is 31.2. The predicted molar refractivity (Wildman–Crippen MR) is 138 cm³/mol. The summed E-state index contributed by atoms with van der Waals surface area (Å²) >= 11 is 1.48. The number of nitrogens with one attached hydrogen (secondary N) is 1. The molecular weight excluding hydrogens is 442 g/mol. The number of hydrogen-bond acceptors (Lipinski definition) is 4. The van der Waals surface area contributed by atoms with Gasteiger partial charge < -0.3 is 5.32 Å². The molecule has 0 fully saturated rings. The Morgan fingerprint density at radius 1 is 0.853 bits per heavy atom. The minimum Gasteiger partial charge on any atom is -0.356 e. The number of aromatic nitrogens is 1. The van der Waals surface area contributed by atoms with Crippen LogP contribution < -0.4 is 10.2 Å². The van der Waals surface area contributed by atoms with E-state index < -0.39 is 0 Å². The Kier molecular flexibility index (Phi) is 7.83. The molecule has 1 aromatic heterocycles. The van der Waals surface area contributed by atoms with E-state index in [9.17, 15) is 9.59 Å². The van der Waals surface area contributed by atoms with E-state index in [2.05, 4.69) is 17.4 Å². The van der Waals surface area contributed by atoms with Gasteiger partial charge in [0.1, 0.15) is 0 Å². The van der Waals surface area contributed by atoms with Gasteiger partial charge >= 0.3 is 0 Å². The summed E-state index contributed by atoms with van der Waals surface area (Å²) in [5.41, 5.74) is 4.76. The van der Waals surface area contributed by atoms with Crippen LogP contribution in [0.1, 0.15) is 28.4 Å². The Labute approximate surface area is 204 Å². The molecule has 0 aliphatic rings. The van der Waals surface area contributed by atoms with Crippen molar-refractivity contribution in [1.29, 1.82) is 0 Å². The zero-order valence-corrected chi connectivity index (χ0v) is 19.9. The number of amides is 2. The monoisotopic (exact) mass is 469 g/mol. The number of hydrogen-bond donors (Lipinski definition) is 1. The SMILES string of the molecule is CC(=O)NCCc1ccc(C(=O)N(CCc2ccccc2)c2nc(-c3ccccc3)cs2)cc1. The Balaban J connectivity index is 1.54. The van der Waals surface area contributed by atoms with Crippen LogP contribution in [-0.2, 0) is 17.6 Å². The molecule has 4 aromatic rings. The van der Waals surface area contributed by atoms with Crippen LogP contribution in [0.4, 0.5) is 5.13 Å². The van der Waals surface area contributed by atoms with Gasteiger partial charge in [-0.3, -0.25) is 14.5 Å². The van der Waals surface area contributed by atoms with Gasteiger partial charge in [0.2, 0.25) is 5.91 Å². The van der Waals surface area contributed by atoms with Gasteiger partial charge in [0.05, 0.1) is 5.69 Å². The van der Waals surface area contributed by atoms with Gasteiger partial charge in [-0.15, -0.1) is 11.3 Å². The summed E-state index contributed by atoms with van der Waals surface area (Å²) in [6, 6.07) is 27.8. The van der Waals surface area contributed by atoms with Gasteiger partial charge in [0, 0.05) is 36.5 Å². The summed E-state index contributed by atoms with van der Waals surface area (Å²) < 4.78 is 0. The minimum absolute atomic E-state index is 0.0424. The summed E-state index contributed by atoms with van der Waals surface area (Å²) in [5, 5.41) is 5.49. The highest BCUT2D eigenvalue weighted by Gasteiger charge is 2.21. The predicted octanol–water partition coefficient (Wildman–Crippen LogP) is 5.38. The lowest BCUT2D eigenvalue weighted by molar-refractivity contribution is -0.118. The van der Waals surface area contributed by atoms with E-state index in [0.29, 0.717) is 23.8 Å². The number of benzene rings is 3. The summed E-state index contributed by atoms with van der Waals surface area (Å²) in [6.07, 6.45) is 1.46. The lowest BCUT2D eigenvalue weighted by Crippen LogP contribution is -2.33. The van der Waals surface area contributed by atoms with Gasteiger partial charge in [0.25, 0.3) is 5.91 Å². The molecule has 6 heteroatoms. The number of thiazole rings is 1. The Bertz CT molecular complexity index is 1220. The molecule has 0 atom stereocenters. The lowest BCUT2D eigenvalue weighted by atomic mass is 10.1. The molecule has 0 unspecified atom stereocenters. The largest absolute Gasteiger partial charge is 0.356 e. The smallest absolute Gasteiger partial charge is 0.260 e. The molecule has 0 bridgehead atoms. The standard InChI is InChI=1S/C28H27N3O2S/c1-21(32)29-18-16-23-12-14-25(15-13-23)27(33)31(19-17-22-8-4-2-5-9-22)28-30-26(20-34-28)24-10-6-3-7-11-24/h2-15,20H,16-19H2,1H3,(H,29,32). The second-order valence-electron chi connectivity index (χ2n) is 8.00. The molecule has 2 amide bonds. The highest BCUT2D eigenvalue weighted by Crippen LogP contribution is 2.28. The van der Waals surface area contributed by atoms with E-state index in [1.54, 1.807) is 4.90 Å². The van der Waals surface area contributed by atoms with Crippen LogP contribution in [0.25, 0.3) is 11.3 Å². The van der Waals surface area contributed by atoms with Crippen molar-refractivity contribution < 1.29 is 9.59 Å². The molecule has 0 saturated heterocycles. The van der Waals surface area contributed by atoms with Crippen LogP contribution in [0.5, 0.6) is 0 Å². The fourth-order valence-corrected chi connectivity index (χ4v) is 4.51. The van der Waals surface area contributed by atoms with Gasteiger partial charge in [-0.1, -0.05) is 72.8 Å². The maximum Gasteiger partial charge on any atom is 0.260 e. The quantitative estimate of drug-likeness (QED) is 0.358. The molecule has 0 saturated carbocycles. The van der Waals surface area contributed by atoms with Crippen molar-refractivity contribution in [3.05, 3.63) is 107 Å². The van der Waals surface area contributed by atoms with E-state index in [-0.39, 0.29) is 11.8 Å². The first-order chi connectivity index (χ1) is 16.6. The average molecular weight is 470 g/mol. The van der Waals surface area contributed by atoms with E-state index in [1.807, 2.05) is 78.2 Å². The fraction of sp³-hybridized carbons (Fsp3) is 0.179. The fourth-order valence-electron chi connectivity index (χ4n) is 3.65. The summed E-state index contributed by atoms with van der Waals surface area (Å²) in [6.45, 7) is 2.62. The molecule has 4 rings (SSSR count). The van der Waals surface area contributed by atoms with Gasteiger partial charge in [0.15, 0.2) is 5.13 Å². The van der Waals surface area contributed by atoms with Crippen molar-refractivity contribution in [3.8, 4) is 11.3 Å². The third kappa shape index (κ3) is 6.17. The normalized spacial score (nSPS) is 10.6. The summed E-state index contributed by atoms with van der Waals surface area (Å²) in [7, 11) is 0. The molecular formula is C28H27N3O2S. The zero-order valence-electron chi connectivity index (χ0n) is 19.1. The summed E-state index contributed by atoms with van der Waals surface area (Å²) in [5.74, 6) is -0.113. The minimum atomic E-state index is -0.0710. The van der Waals surface area contributed by atoms with Gasteiger partial charge in [-0.2, -0.15) is 0 Å². The first kappa shape index (κ1) is 23.4. The highest BCUT2D eigenvalue weighted by molar-refractivity contribution is 7.14. The Morgan fingerprint density at radius 2 is 1.50 bits per heavy atom. The molecule has 0 spiro atoms. The van der Waals surface area contributed by atoms with E-state index in [4.69, 9.17) is 4.98 Å². The van der Waals surface area contributed by atoms with Crippen LogP contribution >= 0.6 is 11.3 Å². The van der Waals surface area contributed by atoms with E-state index in [0.717, 1.165) is 29.7 Å². The van der Waals surface area contributed by atoms with Crippen molar-refractivity contribution in [2.45, 2.75) is 19.8 Å². The highest BCUT2D eigenvalue weighted by atomic mass is 32.1. The number of anilines is 1. The Morgan fingerprint density at radius 3 is 2.18 bits per heavy atom. The molecule has 1 heterocycles. The topological polar surface area (TPSA) is 62.3 Å². The second-order valence-corrected chi connectivity index (χ2v) is 8.84. The van der Waals surface area contributed by atoms with Crippen LogP contribution in [0.3, 0.4) is 0 Å².